The lowest BCUT2D eigenvalue weighted by Gasteiger charge is -2.29. The maximum absolute atomic E-state index is 6.84. The molecule has 36 heavy (non-hydrogen) atoms. The number of ether oxygens (including phenoxy) is 3. The number of hydrogen-bond acceptors (Lipinski definition) is 11. The minimum atomic E-state index is -3.63. The molecule has 1 aliphatic rings. The maximum atomic E-state index is 6.84. The zero-order valence-corrected chi connectivity index (χ0v) is 23.0. The molecule has 0 bridgehead atoms. The van der Waals surface area contributed by atoms with E-state index in [1.165, 1.54) is 0 Å². The maximum Gasteiger partial charge on any atom is 0.455 e. The van der Waals surface area contributed by atoms with Crippen LogP contribution < -0.4 is 38.8 Å². The zero-order chi connectivity index (χ0) is 25.8. The van der Waals surface area contributed by atoms with Crippen LogP contribution in [-0.2, 0) is 0 Å². The van der Waals surface area contributed by atoms with Crippen molar-refractivity contribution >= 4 is 33.2 Å². The van der Waals surface area contributed by atoms with Crippen molar-refractivity contribution in [3.63, 3.8) is 0 Å². The lowest BCUT2D eigenvalue weighted by Crippen LogP contribution is -2.09. The highest BCUT2D eigenvalue weighted by molar-refractivity contribution is 7.94. The second kappa shape index (κ2) is 10.8. The van der Waals surface area contributed by atoms with E-state index in [0.717, 1.165) is 0 Å². The number of hydrogen-bond donors (Lipinski definition) is 2. The summed E-state index contributed by atoms with van der Waals surface area (Å²) in [6.45, 7) is -3.52. The fourth-order valence-electron chi connectivity index (χ4n) is 3.00. The van der Waals surface area contributed by atoms with E-state index in [9.17, 15) is 0 Å². The summed E-state index contributed by atoms with van der Waals surface area (Å²) < 4.78 is 47.5. The monoisotopic (exact) mass is 571 g/mol. The van der Waals surface area contributed by atoms with Crippen LogP contribution in [0.4, 0.5) is 0 Å². The lowest BCUT2D eigenvalue weighted by atomic mass is 10.3. The van der Waals surface area contributed by atoms with Crippen LogP contribution in [0.2, 0.25) is 0 Å². The van der Waals surface area contributed by atoms with Gasteiger partial charge in [0.1, 0.15) is 34.5 Å². The Morgan fingerprint density at radius 2 is 0.861 bits per heavy atom. The van der Waals surface area contributed by atoms with Gasteiger partial charge in [-0.25, -0.2) is 0 Å². The van der Waals surface area contributed by atoms with Crippen LogP contribution in [0, 0.1) is 0 Å². The Bertz CT molecular complexity index is 1330. The van der Waals surface area contributed by atoms with E-state index in [2.05, 4.69) is 13.5 Å². The Labute approximate surface area is 214 Å². The van der Waals surface area contributed by atoms with E-state index in [1.807, 2.05) is 0 Å². The lowest BCUT2D eigenvalue weighted by molar-refractivity contribution is 0.412. The molecule has 1 atom stereocenters. The average Bonchev–Trinajstić information content (AvgIpc) is 2.84. The van der Waals surface area contributed by atoms with Gasteiger partial charge in [-0.2, -0.15) is 4.52 Å². The first-order valence-electron chi connectivity index (χ1n) is 10.3. The normalized spacial score (nSPS) is 19.5. The van der Waals surface area contributed by atoms with E-state index in [-0.39, 0.29) is 0 Å². The van der Waals surface area contributed by atoms with E-state index in [1.54, 1.807) is 94.1 Å². The summed E-state index contributed by atoms with van der Waals surface area (Å²) in [6.07, 6.45) is 0. The van der Waals surface area contributed by atoms with E-state index in [0.29, 0.717) is 34.5 Å². The first-order valence-corrected chi connectivity index (χ1v) is 16.2. The smallest absolute Gasteiger partial charge is 0.455 e. The standard InChI is InChI=1S/C21H25ClN5O6P3/c1-28-16-4-10-19(11-5-16)31-34(22)25-35(23,24)27-36(26-34,32-20-12-6-17(29-2)7-13-20)33-21-14-8-18(30-3)9-15-21/h4-15H,23-24H2,1-3H3. The summed E-state index contributed by atoms with van der Waals surface area (Å²) in [5.41, 5.74) is 12.6. The molecule has 0 aromatic heterocycles. The van der Waals surface area contributed by atoms with Crippen LogP contribution in [0.3, 0.4) is 0 Å². The van der Waals surface area contributed by atoms with Gasteiger partial charge in [-0.15, -0.1) is 9.03 Å². The first-order chi connectivity index (χ1) is 17.2. The predicted molar refractivity (Wildman–Crippen MR) is 143 cm³/mol. The number of nitrogens with zero attached hydrogens (tertiary/aromatic N) is 3. The highest BCUT2D eigenvalue weighted by Crippen LogP contribution is 2.76. The molecule has 0 amide bonds. The summed E-state index contributed by atoms with van der Waals surface area (Å²) in [4.78, 5) is 0. The fourth-order valence-corrected chi connectivity index (χ4v) is 12.4. The van der Waals surface area contributed by atoms with Crippen molar-refractivity contribution < 1.29 is 27.8 Å². The second-order valence-corrected chi connectivity index (χ2v) is 14.6. The van der Waals surface area contributed by atoms with Crippen LogP contribution >= 0.6 is 33.2 Å². The minimum absolute atomic E-state index is 0.389. The molecule has 0 radical (unpaired) electrons. The Hall–Kier alpha value is -2.64. The van der Waals surface area contributed by atoms with E-state index < -0.39 is 22.0 Å². The van der Waals surface area contributed by atoms with E-state index >= 15 is 0 Å². The minimum Gasteiger partial charge on any atom is -0.497 e. The summed E-state index contributed by atoms with van der Waals surface area (Å²) >= 11 is 6.84. The van der Waals surface area contributed by atoms with Gasteiger partial charge in [0.2, 0.25) is 7.51 Å². The summed E-state index contributed by atoms with van der Waals surface area (Å²) in [6, 6.07) is 20.4. The van der Waals surface area contributed by atoms with Gasteiger partial charge in [0.15, 0.2) is 0 Å². The van der Waals surface area contributed by atoms with Crippen molar-refractivity contribution in [2.75, 3.05) is 21.3 Å². The molecule has 11 nitrogen and oxygen atoms in total. The summed E-state index contributed by atoms with van der Waals surface area (Å²) in [7, 11) is -2.31. The molecule has 3 aromatic carbocycles. The molecule has 0 spiro atoms. The molecule has 0 fully saturated rings. The van der Waals surface area contributed by atoms with Crippen LogP contribution in [0.5, 0.6) is 34.5 Å². The molecule has 4 N–H and O–H groups in total. The third kappa shape index (κ3) is 6.56. The van der Waals surface area contributed by atoms with Gasteiger partial charge >= 0.3 is 14.4 Å². The molecule has 3 aromatic rings. The molecule has 1 aliphatic heterocycles. The fraction of sp³-hybridized carbons (Fsp3) is 0.143. The molecule has 0 aliphatic carbocycles. The Kier molecular flexibility index (Phi) is 7.90. The van der Waals surface area contributed by atoms with Crippen molar-refractivity contribution in [2.24, 2.45) is 24.6 Å². The third-order valence-corrected chi connectivity index (χ3v) is 13.2. The Morgan fingerprint density at radius 1 is 0.528 bits per heavy atom. The van der Waals surface area contributed by atoms with Gasteiger partial charge < -0.3 is 27.8 Å². The third-order valence-electron chi connectivity index (χ3n) is 4.58. The highest BCUT2D eigenvalue weighted by atomic mass is 35.7. The van der Waals surface area contributed by atoms with Gasteiger partial charge in [0, 0.05) is 0 Å². The van der Waals surface area contributed by atoms with Crippen molar-refractivity contribution in [1.82, 2.24) is 0 Å². The van der Waals surface area contributed by atoms with Gasteiger partial charge in [-0.1, -0.05) is 0 Å². The zero-order valence-electron chi connectivity index (χ0n) is 19.6. The second-order valence-electron chi connectivity index (χ2n) is 7.23. The van der Waals surface area contributed by atoms with Gasteiger partial charge in [-0.3, -0.25) is 11.0 Å². The number of halogens is 1. The summed E-state index contributed by atoms with van der Waals surface area (Å²) in [5.74, 6) is 3.09. The molecular formula is C21H25ClN5O6P3. The SMILES string of the molecule is COc1ccc(OP2(Cl)=NP(Oc3ccc(OC)cc3)(Oc3ccc(OC)cc3)=NP(N)(N)=N2)cc1. The van der Waals surface area contributed by atoms with Crippen LogP contribution in [0.25, 0.3) is 0 Å². The van der Waals surface area contributed by atoms with Crippen molar-refractivity contribution in [2.45, 2.75) is 0 Å². The molecule has 0 saturated carbocycles. The van der Waals surface area contributed by atoms with Gasteiger partial charge in [0.05, 0.1) is 21.3 Å². The molecule has 15 heteroatoms. The number of methoxy groups -OCH3 is 3. The van der Waals surface area contributed by atoms with Crippen molar-refractivity contribution in [3.05, 3.63) is 72.8 Å². The number of benzene rings is 3. The van der Waals surface area contributed by atoms with E-state index in [4.69, 9.17) is 50.0 Å². The topological polar surface area (TPSA) is 144 Å². The van der Waals surface area contributed by atoms with Crippen molar-refractivity contribution in [1.29, 1.82) is 0 Å². The van der Waals surface area contributed by atoms with Gasteiger partial charge in [0.25, 0.3) is 0 Å². The van der Waals surface area contributed by atoms with Gasteiger partial charge in [-0.05, 0) is 84.0 Å². The Morgan fingerprint density at radius 3 is 1.22 bits per heavy atom. The largest absolute Gasteiger partial charge is 0.497 e. The van der Waals surface area contributed by atoms with Crippen molar-refractivity contribution in [3.8, 4) is 34.5 Å². The average molecular weight is 572 g/mol. The molecular weight excluding hydrogens is 547 g/mol. The van der Waals surface area contributed by atoms with Crippen LogP contribution in [0.1, 0.15) is 0 Å². The molecule has 1 unspecified atom stereocenters. The molecule has 4 rings (SSSR count). The van der Waals surface area contributed by atoms with Crippen LogP contribution in [-0.4, -0.2) is 21.3 Å². The molecule has 0 saturated heterocycles. The quantitative estimate of drug-likeness (QED) is 0.255. The Balaban J connectivity index is 1.80. The number of rotatable bonds is 9. The predicted octanol–water partition coefficient (Wildman–Crippen LogP) is 7.26. The molecule has 192 valence electrons. The highest BCUT2D eigenvalue weighted by Gasteiger charge is 2.40. The molecule has 1 heterocycles. The summed E-state index contributed by atoms with van der Waals surface area (Å²) in [5, 5.41) is 0. The van der Waals surface area contributed by atoms with Crippen LogP contribution in [0.15, 0.2) is 86.3 Å². The number of nitrogens with two attached hydrogens (primary N) is 2. The first kappa shape index (κ1) is 26.4.